The third kappa shape index (κ3) is 1.78. The maximum atomic E-state index is 12.7. The lowest BCUT2D eigenvalue weighted by molar-refractivity contribution is -0.151. The van der Waals surface area contributed by atoms with Gasteiger partial charge >= 0.3 is 5.97 Å². The number of nitrogens with zero attached hydrogens (tertiary/aromatic N) is 1. The van der Waals surface area contributed by atoms with Gasteiger partial charge in [0.15, 0.2) is 0 Å². The predicted molar refractivity (Wildman–Crippen MR) is 71.3 cm³/mol. The van der Waals surface area contributed by atoms with Crippen LogP contribution in [-0.4, -0.2) is 61.4 Å². The number of rotatable bonds is 3. The van der Waals surface area contributed by atoms with Gasteiger partial charge in [-0.3, -0.25) is 9.59 Å². The van der Waals surface area contributed by atoms with Crippen molar-refractivity contribution in [2.75, 3.05) is 26.8 Å². The molecule has 2 bridgehead atoms. The zero-order chi connectivity index (χ0) is 14.6. The van der Waals surface area contributed by atoms with Crippen LogP contribution in [-0.2, 0) is 23.8 Å². The standard InChI is InChI=1S/C15H19NO5/c1-19-14(18)11-10-4-5-15(21-10)8-16(13(17)12(11)15)7-9-3-2-6-20-9/h4-5,9-12H,2-3,6-8H2,1H3/t9-,10+,11+,12+,15-/m1/s1. The van der Waals surface area contributed by atoms with Crippen molar-refractivity contribution in [3.63, 3.8) is 0 Å². The van der Waals surface area contributed by atoms with E-state index in [2.05, 4.69) is 0 Å². The smallest absolute Gasteiger partial charge is 0.312 e. The van der Waals surface area contributed by atoms with Gasteiger partial charge in [-0.25, -0.2) is 0 Å². The number of likely N-dealkylation sites (tertiary alicyclic amines) is 1. The van der Waals surface area contributed by atoms with Crippen molar-refractivity contribution < 1.29 is 23.8 Å². The molecule has 5 atom stereocenters. The monoisotopic (exact) mass is 293 g/mol. The summed E-state index contributed by atoms with van der Waals surface area (Å²) < 4.78 is 16.4. The lowest BCUT2D eigenvalue weighted by atomic mass is 9.77. The molecule has 4 rings (SSSR count). The number of methoxy groups -OCH3 is 1. The summed E-state index contributed by atoms with van der Waals surface area (Å²) in [6.07, 6.45) is 5.67. The Labute approximate surface area is 123 Å². The van der Waals surface area contributed by atoms with E-state index in [1.807, 2.05) is 12.2 Å². The number of esters is 1. The van der Waals surface area contributed by atoms with Crippen LogP contribution in [0.4, 0.5) is 0 Å². The average molecular weight is 293 g/mol. The topological polar surface area (TPSA) is 65.1 Å². The first-order chi connectivity index (χ1) is 10.1. The normalized spacial score (nSPS) is 43.7. The largest absolute Gasteiger partial charge is 0.469 e. The van der Waals surface area contributed by atoms with Crippen molar-refractivity contribution in [2.45, 2.75) is 30.7 Å². The van der Waals surface area contributed by atoms with Gasteiger partial charge in [-0.05, 0) is 12.8 Å². The number of hydrogen-bond donors (Lipinski definition) is 0. The molecule has 21 heavy (non-hydrogen) atoms. The lowest BCUT2D eigenvalue weighted by Gasteiger charge is -2.23. The second kappa shape index (κ2) is 4.55. The highest BCUT2D eigenvalue weighted by Crippen LogP contribution is 2.52. The van der Waals surface area contributed by atoms with Crippen molar-refractivity contribution in [1.29, 1.82) is 0 Å². The summed E-state index contributed by atoms with van der Waals surface area (Å²) in [5.41, 5.74) is -0.640. The highest BCUT2D eigenvalue weighted by molar-refractivity contribution is 5.91. The maximum absolute atomic E-state index is 12.7. The van der Waals surface area contributed by atoms with Crippen LogP contribution >= 0.6 is 0 Å². The zero-order valence-electron chi connectivity index (χ0n) is 12.0. The van der Waals surface area contributed by atoms with Crippen molar-refractivity contribution >= 4 is 11.9 Å². The number of amides is 1. The molecule has 114 valence electrons. The highest BCUT2D eigenvalue weighted by atomic mass is 16.5. The Bertz CT molecular complexity index is 512. The molecular formula is C15H19NO5. The molecule has 1 amide bonds. The van der Waals surface area contributed by atoms with Gasteiger partial charge in [0.2, 0.25) is 5.91 Å². The second-order valence-electron chi connectivity index (χ2n) is 6.28. The van der Waals surface area contributed by atoms with Gasteiger partial charge in [-0.15, -0.1) is 0 Å². The summed E-state index contributed by atoms with van der Waals surface area (Å²) in [5, 5.41) is 0. The molecule has 0 aromatic heterocycles. The number of carbonyl (C=O) groups excluding carboxylic acids is 2. The minimum absolute atomic E-state index is 0.00671. The lowest BCUT2D eigenvalue weighted by Crippen LogP contribution is -2.40. The fourth-order valence-corrected chi connectivity index (χ4v) is 4.17. The van der Waals surface area contributed by atoms with Gasteiger partial charge in [-0.2, -0.15) is 0 Å². The molecule has 3 saturated heterocycles. The van der Waals surface area contributed by atoms with E-state index in [1.54, 1.807) is 4.90 Å². The SMILES string of the molecule is COC(=O)[C@H]1[C@@H]2C=C[C@]3(CN(C[C@H]4CCCO4)C(=O)[C@H]13)O2. The Morgan fingerprint density at radius 2 is 2.43 bits per heavy atom. The molecule has 0 aliphatic carbocycles. The molecule has 1 spiro atoms. The molecule has 0 saturated carbocycles. The van der Waals surface area contributed by atoms with Crippen molar-refractivity contribution in [3.05, 3.63) is 12.2 Å². The van der Waals surface area contributed by atoms with Crippen LogP contribution in [0, 0.1) is 11.8 Å². The fourth-order valence-electron chi connectivity index (χ4n) is 4.17. The van der Waals surface area contributed by atoms with Crippen LogP contribution in [0.1, 0.15) is 12.8 Å². The van der Waals surface area contributed by atoms with Crippen molar-refractivity contribution in [1.82, 2.24) is 4.90 Å². The summed E-state index contributed by atoms with van der Waals surface area (Å²) >= 11 is 0. The summed E-state index contributed by atoms with van der Waals surface area (Å²) in [5.74, 6) is -1.32. The molecule has 0 unspecified atom stereocenters. The van der Waals surface area contributed by atoms with E-state index >= 15 is 0 Å². The van der Waals surface area contributed by atoms with Gasteiger partial charge in [0.1, 0.15) is 11.5 Å². The molecule has 0 radical (unpaired) electrons. The Morgan fingerprint density at radius 3 is 3.14 bits per heavy atom. The first-order valence-corrected chi connectivity index (χ1v) is 7.50. The molecule has 6 nitrogen and oxygen atoms in total. The van der Waals surface area contributed by atoms with Crippen LogP contribution in [0.2, 0.25) is 0 Å². The van der Waals surface area contributed by atoms with E-state index in [4.69, 9.17) is 14.2 Å². The number of carbonyl (C=O) groups is 2. The predicted octanol–water partition coefficient (Wildman–Crippen LogP) is 0.120. The van der Waals surface area contributed by atoms with Gasteiger partial charge in [0.05, 0.1) is 31.8 Å². The third-order valence-electron chi connectivity index (χ3n) is 5.10. The van der Waals surface area contributed by atoms with E-state index in [-0.39, 0.29) is 24.1 Å². The van der Waals surface area contributed by atoms with Crippen LogP contribution < -0.4 is 0 Å². The quantitative estimate of drug-likeness (QED) is 0.546. The van der Waals surface area contributed by atoms with Gasteiger partial charge in [0.25, 0.3) is 0 Å². The third-order valence-corrected chi connectivity index (χ3v) is 5.10. The first-order valence-electron chi connectivity index (χ1n) is 7.50. The van der Waals surface area contributed by atoms with Crippen molar-refractivity contribution in [3.8, 4) is 0 Å². The highest BCUT2D eigenvalue weighted by Gasteiger charge is 2.67. The fraction of sp³-hybridized carbons (Fsp3) is 0.733. The minimum atomic E-state index is -0.640. The second-order valence-corrected chi connectivity index (χ2v) is 6.28. The summed E-state index contributed by atoms with van der Waals surface area (Å²) in [6, 6.07) is 0. The Morgan fingerprint density at radius 1 is 1.57 bits per heavy atom. The Kier molecular flexibility index (Phi) is 2.87. The van der Waals surface area contributed by atoms with Gasteiger partial charge in [-0.1, -0.05) is 12.2 Å². The molecule has 0 aromatic rings. The van der Waals surface area contributed by atoms with Crippen molar-refractivity contribution in [2.24, 2.45) is 11.8 Å². The van der Waals surface area contributed by atoms with E-state index in [9.17, 15) is 9.59 Å². The first kappa shape index (κ1) is 13.3. The van der Waals surface area contributed by atoms with Crippen LogP contribution in [0.25, 0.3) is 0 Å². The Balaban J connectivity index is 1.57. The Hall–Kier alpha value is -1.40. The molecule has 4 heterocycles. The summed E-state index contributed by atoms with van der Waals surface area (Å²) in [7, 11) is 1.36. The van der Waals surface area contributed by atoms with Crippen LogP contribution in [0.5, 0.6) is 0 Å². The molecular weight excluding hydrogens is 274 g/mol. The zero-order valence-corrected chi connectivity index (χ0v) is 12.0. The minimum Gasteiger partial charge on any atom is -0.469 e. The van der Waals surface area contributed by atoms with E-state index in [0.29, 0.717) is 13.1 Å². The summed E-state index contributed by atoms with van der Waals surface area (Å²) in [4.78, 5) is 26.5. The van der Waals surface area contributed by atoms with E-state index < -0.39 is 17.4 Å². The number of ether oxygens (including phenoxy) is 3. The molecule has 3 fully saturated rings. The molecule has 6 heteroatoms. The average Bonchev–Trinajstić information content (AvgIpc) is 3.22. The van der Waals surface area contributed by atoms with E-state index in [1.165, 1.54) is 7.11 Å². The van der Waals surface area contributed by atoms with Crippen LogP contribution in [0.3, 0.4) is 0 Å². The number of fused-ring (bicyclic) bond motifs is 1. The summed E-state index contributed by atoms with van der Waals surface area (Å²) in [6.45, 7) is 1.87. The molecule has 4 aliphatic rings. The molecule has 4 aliphatic heterocycles. The maximum Gasteiger partial charge on any atom is 0.312 e. The van der Waals surface area contributed by atoms with Gasteiger partial charge < -0.3 is 19.1 Å². The molecule has 0 N–H and O–H groups in total. The van der Waals surface area contributed by atoms with E-state index in [0.717, 1.165) is 19.4 Å². The molecule has 0 aromatic carbocycles. The van der Waals surface area contributed by atoms with Crippen LogP contribution in [0.15, 0.2) is 12.2 Å². The number of hydrogen-bond acceptors (Lipinski definition) is 5. The van der Waals surface area contributed by atoms with Gasteiger partial charge in [0, 0.05) is 13.2 Å².